The highest BCUT2D eigenvalue weighted by Crippen LogP contribution is 2.26. The first-order valence-corrected chi connectivity index (χ1v) is 8.97. The van der Waals surface area contributed by atoms with Crippen LogP contribution in [0, 0.1) is 5.92 Å². The third-order valence-electron chi connectivity index (χ3n) is 4.93. The molecule has 1 atom stereocenters. The summed E-state index contributed by atoms with van der Waals surface area (Å²) in [5.41, 5.74) is 5.21. The number of hydrogen-bond acceptors (Lipinski definition) is 3. The second-order valence-electron chi connectivity index (χ2n) is 6.94. The van der Waals surface area contributed by atoms with Gasteiger partial charge in [-0.25, -0.2) is 0 Å². The van der Waals surface area contributed by atoms with Crippen LogP contribution in [0.15, 0.2) is 28.8 Å². The second kappa shape index (κ2) is 7.31. The van der Waals surface area contributed by atoms with Crippen molar-refractivity contribution in [3.8, 4) is 0 Å². The Kier molecular flexibility index (Phi) is 5.16. The summed E-state index contributed by atoms with van der Waals surface area (Å²) in [6.07, 6.45) is 5.74. The standard InChI is InChI=1S/C20H28N2O/c1-4-15-9-11-16(12-10-15)20(14(2)3)21-13-18-17-7-5-6-8-19(17)23-22-18/h9-12,14,20-21H,4-8,13H2,1-3H3. The van der Waals surface area contributed by atoms with E-state index in [0.717, 1.165) is 37.3 Å². The largest absolute Gasteiger partial charge is 0.361 e. The molecule has 23 heavy (non-hydrogen) atoms. The Morgan fingerprint density at radius 1 is 1.13 bits per heavy atom. The number of fused-ring (bicyclic) bond motifs is 1. The summed E-state index contributed by atoms with van der Waals surface area (Å²) in [5, 5.41) is 8.02. The van der Waals surface area contributed by atoms with Crippen molar-refractivity contribution in [2.24, 2.45) is 5.92 Å². The van der Waals surface area contributed by atoms with Crippen molar-refractivity contribution in [3.63, 3.8) is 0 Å². The molecule has 0 saturated carbocycles. The summed E-state index contributed by atoms with van der Waals surface area (Å²) in [4.78, 5) is 0. The summed E-state index contributed by atoms with van der Waals surface area (Å²) < 4.78 is 5.53. The Morgan fingerprint density at radius 2 is 1.87 bits per heavy atom. The van der Waals surface area contributed by atoms with Gasteiger partial charge in [0, 0.05) is 24.6 Å². The minimum absolute atomic E-state index is 0.344. The molecule has 1 aliphatic rings. The molecule has 1 aromatic heterocycles. The molecule has 1 aliphatic carbocycles. The monoisotopic (exact) mass is 312 g/mol. The number of benzene rings is 1. The van der Waals surface area contributed by atoms with Crippen molar-refractivity contribution in [1.82, 2.24) is 10.5 Å². The van der Waals surface area contributed by atoms with E-state index < -0.39 is 0 Å². The summed E-state index contributed by atoms with van der Waals surface area (Å²) in [6, 6.07) is 9.34. The number of rotatable bonds is 6. The topological polar surface area (TPSA) is 38.1 Å². The van der Waals surface area contributed by atoms with Crippen molar-refractivity contribution in [3.05, 3.63) is 52.4 Å². The van der Waals surface area contributed by atoms with Crippen LogP contribution in [0.2, 0.25) is 0 Å². The summed E-state index contributed by atoms with van der Waals surface area (Å²) >= 11 is 0. The zero-order valence-electron chi connectivity index (χ0n) is 14.6. The molecule has 3 rings (SSSR count). The fourth-order valence-electron chi connectivity index (χ4n) is 3.49. The first kappa shape index (κ1) is 16.3. The highest BCUT2D eigenvalue weighted by Gasteiger charge is 2.21. The SMILES string of the molecule is CCc1ccc(C(NCc2noc3c2CCCC3)C(C)C)cc1. The molecule has 1 unspecified atom stereocenters. The van der Waals surface area contributed by atoms with Crippen LogP contribution in [0.4, 0.5) is 0 Å². The number of hydrogen-bond donors (Lipinski definition) is 1. The Hall–Kier alpha value is -1.61. The van der Waals surface area contributed by atoms with E-state index >= 15 is 0 Å². The average molecular weight is 312 g/mol. The molecule has 1 N–H and O–H groups in total. The van der Waals surface area contributed by atoms with Gasteiger partial charge in [-0.3, -0.25) is 0 Å². The molecular weight excluding hydrogens is 284 g/mol. The van der Waals surface area contributed by atoms with E-state index in [1.54, 1.807) is 0 Å². The summed E-state index contributed by atoms with van der Waals surface area (Å²) in [6.45, 7) is 7.52. The van der Waals surface area contributed by atoms with E-state index in [0.29, 0.717) is 12.0 Å². The Balaban J connectivity index is 1.71. The van der Waals surface area contributed by atoms with E-state index in [2.05, 4.69) is 55.5 Å². The molecule has 0 bridgehead atoms. The van der Waals surface area contributed by atoms with Gasteiger partial charge in [0.1, 0.15) is 11.5 Å². The van der Waals surface area contributed by atoms with Gasteiger partial charge in [0.15, 0.2) is 0 Å². The third-order valence-corrected chi connectivity index (χ3v) is 4.93. The van der Waals surface area contributed by atoms with Gasteiger partial charge < -0.3 is 9.84 Å². The lowest BCUT2D eigenvalue weighted by molar-refractivity contribution is 0.359. The van der Waals surface area contributed by atoms with Gasteiger partial charge >= 0.3 is 0 Å². The van der Waals surface area contributed by atoms with Gasteiger partial charge in [-0.05, 0) is 42.7 Å². The van der Waals surface area contributed by atoms with E-state index in [4.69, 9.17) is 4.52 Å². The molecule has 124 valence electrons. The fourth-order valence-corrected chi connectivity index (χ4v) is 3.49. The molecular formula is C20H28N2O. The first-order valence-electron chi connectivity index (χ1n) is 8.97. The van der Waals surface area contributed by atoms with Gasteiger partial charge in [-0.1, -0.05) is 50.2 Å². The predicted molar refractivity (Wildman–Crippen MR) is 93.4 cm³/mol. The lowest BCUT2D eigenvalue weighted by Gasteiger charge is -2.23. The molecule has 0 fully saturated rings. The number of aromatic nitrogens is 1. The molecule has 0 saturated heterocycles. The maximum absolute atomic E-state index is 5.53. The van der Waals surface area contributed by atoms with Crippen molar-refractivity contribution >= 4 is 0 Å². The summed E-state index contributed by atoms with van der Waals surface area (Å²) in [5.74, 6) is 1.65. The van der Waals surface area contributed by atoms with E-state index in [1.165, 1.54) is 29.5 Å². The maximum atomic E-state index is 5.53. The normalized spacial score (nSPS) is 15.7. The fraction of sp³-hybridized carbons (Fsp3) is 0.550. The minimum Gasteiger partial charge on any atom is -0.361 e. The van der Waals surface area contributed by atoms with Crippen LogP contribution in [-0.2, 0) is 25.8 Å². The number of nitrogens with zero attached hydrogens (tertiary/aromatic N) is 1. The first-order chi connectivity index (χ1) is 11.2. The van der Waals surface area contributed by atoms with Gasteiger partial charge in [0.25, 0.3) is 0 Å². The van der Waals surface area contributed by atoms with Crippen LogP contribution in [-0.4, -0.2) is 5.16 Å². The molecule has 1 aromatic carbocycles. The van der Waals surface area contributed by atoms with E-state index in [-0.39, 0.29) is 0 Å². The molecule has 2 aromatic rings. The maximum Gasteiger partial charge on any atom is 0.140 e. The van der Waals surface area contributed by atoms with Crippen LogP contribution in [0.5, 0.6) is 0 Å². The zero-order chi connectivity index (χ0) is 16.2. The molecule has 3 heteroatoms. The molecule has 0 radical (unpaired) electrons. The van der Waals surface area contributed by atoms with Crippen molar-refractivity contribution in [2.75, 3.05) is 0 Å². The third kappa shape index (κ3) is 3.66. The van der Waals surface area contributed by atoms with Crippen molar-refractivity contribution < 1.29 is 4.52 Å². The van der Waals surface area contributed by atoms with Crippen LogP contribution < -0.4 is 5.32 Å². The van der Waals surface area contributed by atoms with E-state index in [9.17, 15) is 0 Å². The van der Waals surface area contributed by atoms with Crippen LogP contribution in [0.25, 0.3) is 0 Å². The lowest BCUT2D eigenvalue weighted by Crippen LogP contribution is -2.26. The Labute approximate surface area is 139 Å². The van der Waals surface area contributed by atoms with Gasteiger partial charge in [0.2, 0.25) is 0 Å². The van der Waals surface area contributed by atoms with Gasteiger partial charge in [-0.15, -0.1) is 0 Å². The van der Waals surface area contributed by atoms with Gasteiger partial charge in [0.05, 0.1) is 0 Å². The molecule has 0 amide bonds. The Morgan fingerprint density at radius 3 is 2.57 bits per heavy atom. The van der Waals surface area contributed by atoms with Crippen LogP contribution in [0.3, 0.4) is 0 Å². The number of aryl methyl sites for hydroxylation is 2. The van der Waals surface area contributed by atoms with Crippen molar-refractivity contribution in [2.45, 2.75) is 65.5 Å². The van der Waals surface area contributed by atoms with E-state index in [1.807, 2.05) is 0 Å². The quantitative estimate of drug-likeness (QED) is 0.847. The molecule has 0 aliphatic heterocycles. The second-order valence-corrected chi connectivity index (χ2v) is 6.94. The van der Waals surface area contributed by atoms with Crippen LogP contribution in [0.1, 0.15) is 67.8 Å². The summed E-state index contributed by atoms with van der Waals surface area (Å²) in [7, 11) is 0. The van der Waals surface area contributed by atoms with Gasteiger partial charge in [-0.2, -0.15) is 0 Å². The minimum atomic E-state index is 0.344. The highest BCUT2D eigenvalue weighted by atomic mass is 16.5. The average Bonchev–Trinajstić information content (AvgIpc) is 2.99. The molecule has 0 spiro atoms. The Bertz CT molecular complexity index is 628. The smallest absolute Gasteiger partial charge is 0.140 e. The highest BCUT2D eigenvalue weighted by molar-refractivity contribution is 5.27. The lowest BCUT2D eigenvalue weighted by atomic mass is 9.94. The number of nitrogens with one attached hydrogen (secondary N) is 1. The predicted octanol–water partition coefficient (Wildman–Crippen LogP) is 4.60. The molecule has 1 heterocycles. The zero-order valence-corrected chi connectivity index (χ0v) is 14.6. The van der Waals surface area contributed by atoms with Crippen LogP contribution >= 0.6 is 0 Å². The van der Waals surface area contributed by atoms with Crippen molar-refractivity contribution in [1.29, 1.82) is 0 Å². The molecule has 3 nitrogen and oxygen atoms in total.